The lowest BCUT2D eigenvalue weighted by molar-refractivity contribution is 0.0928. The normalized spacial score (nSPS) is 17.5. The Balaban J connectivity index is 1.29. The second-order valence-electron chi connectivity index (χ2n) is 7.47. The molecule has 1 aliphatic heterocycles. The fourth-order valence-electron chi connectivity index (χ4n) is 3.84. The first-order valence-electron chi connectivity index (χ1n) is 9.80. The van der Waals surface area contributed by atoms with Crippen LogP contribution in [0.3, 0.4) is 0 Å². The van der Waals surface area contributed by atoms with Crippen LogP contribution in [0.15, 0.2) is 59.5 Å². The Bertz CT molecular complexity index is 899. The van der Waals surface area contributed by atoms with E-state index in [1.807, 2.05) is 54.2 Å². The van der Waals surface area contributed by atoms with Crippen LogP contribution < -0.4 is 5.32 Å². The molecule has 0 radical (unpaired) electrons. The number of carbonyl (C=O) groups excluding carboxylic acids is 1. The van der Waals surface area contributed by atoms with Gasteiger partial charge < -0.3 is 14.3 Å². The first-order valence-corrected chi connectivity index (χ1v) is 9.80. The van der Waals surface area contributed by atoms with Gasteiger partial charge in [0.15, 0.2) is 0 Å². The molecule has 6 nitrogen and oxygen atoms in total. The summed E-state index contributed by atoms with van der Waals surface area (Å²) in [5.74, 6) is 2.34. The fraction of sp³-hybridized carbons (Fsp3) is 0.364. The minimum absolute atomic E-state index is 0.0189. The van der Waals surface area contributed by atoms with Crippen LogP contribution in [0.25, 0.3) is 11.4 Å². The number of aryl methyl sites for hydroxylation is 1. The molecule has 1 saturated heterocycles. The van der Waals surface area contributed by atoms with E-state index in [-0.39, 0.29) is 5.91 Å². The summed E-state index contributed by atoms with van der Waals surface area (Å²) >= 11 is 0. The number of nitrogens with one attached hydrogen (secondary N) is 1. The second kappa shape index (κ2) is 8.44. The molecule has 1 aromatic carbocycles. The number of nitrogens with zero attached hydrogens (tertiary/aromatic N) is 3. The van der Waals surface area contributed by atoms with Gasteiger partial charge in [-0.1, -0.05) is 12.1 Å². The van der Waals surface area contributed by atoms with Crippen molar-refractivity contribution in [1.82, 2.24) is 19.8 Å². The van der Waals surface area contributed by atoms with Crippen LogP contribution in [0, 0.1) is 5.92 Å². The minimum Gasteiger partial charge on any atom is -0.468 e. The van der Waals surface area contributed by atoms with Crippen molar-refractivity contribution in [2.45, 2.75) is 19.4 Å². The Morgan fingerprint density at radius 2 is 2.14 bits per heavy atom. The predicted molar refractivity (Wildman–Crippen MR) is 108 cm³/mol. The number of hydrogen-bond acceptors (Lipinski definition) is 4. The molecule has 0 spiro atoms. The number of carbonyl (C=O) groups is 1. The van der Waals surface area contributed by atoms with Gasteiger partial charge in [-0.05, 0) is 49.6 Å². The Labute approximate surface area is 165 Å². The molecule has 1 atom stereocenters. The van der Waals surface area contributed by atoms with Crippen molar-refractivity contribution >= 4 is 5.91 Å². The van der Waals surface area contributed by atoms with Gasteiger partial charge in [0, 0.05) is 43.7 Å². The van der Waals surface area contributed by atoms with Crippen LogP contribution >= 0.6 is 0 Å². The second-order valence-corrected chi connectivity index (χ2v) is 7.47. The summed E-state index contributed by atoms with van der Waals surface area (Å²) in [6, 6.07) is 11.6. The Morgan fingerprint density at radius 3 is 2.86 bits per heavy atom. The summed E-state index contributed by atoms with van der Waals surface area (Å²) in [5, 5.41) is 3.10. The predicted octanol–water partition coefficient (Wildman–Crippen LogP) is 3.32. The molecular weight excluding hydrogens is 352 g/mol. The number of benzene rings is 1. The number of piperidine rings is 1. The van der Waals surface area contributed by atoms with Crippen LogP contribution in [0.5, 0.6) is 0 Å². The molecule has 6 heteroatoms. The lowest BCUT2D eigenvalue weighted by Gasteiger charge is -2.32. The zero-order valence-electron chi connectivity index (χ0n) is 16.2. The van der Waals surface area contributed by atoms with Crippen molar-refractivity contribution in [3.05, 3.63) is 66.4 Å². The van der Waals surface area contributed by atoms with Gasteiger partial charge in [0.1, 0.15) is 11.6 Å². The highest BCUT2D eigenvalue weighted by Gasteiger charge is 2.21. The minimum atomic E-state index is -0.0189. The van der Waals surface area contributed by atoms with Gasteiger partial charge in [0.05, 0.1) is 12.8 Å². The molecule has 1 amide bonds. The maximum atomic E-state index is 12.5. The highest BCUT2D eigenvalue weighted by molar-refractivity contribution is 5.94. The summed E-state index contributed by atoms with van der Waals surface area (Å²) in [4.78, 5) is 19.3. The van der Waals surface area contributed by atoms with Crippen LogP contribution in [0.4, 0.5) is 0 Å². The van der Waals surface area contributed by atoms with E-state index in [2.05, 4.69) is 15.2 Å². The van der Waals surface area contributed by atoms with Crippen molar-refractivity contribution in [2.75, 3.05) is 19.6 Å². The topological polar surface area (TPSA) is 63.3 Å². The lowest BCUT2D eigenvalue weighted by Crippen LogP contribution is -2.40. The van der Waals surface area contributed by atoms with E-state index in [0.717, 1.165) is 49.6 Å². The molecule has 28 heavy (non-hydrogen) atoms. The molecule has 4 rings (SSSR count). The van der Waals surface area contributed by atoms with Gasteiger partial charge in [-0.3, -0.25) is 9.69 Å². The maximum Gasteiger partial charge on any atom is 0.251 e. The van der Waals surface area contributed by atoms with Crippen molar-refractivity contribution < 1.29 is 9.21 Å². The average Bonchev–Trinajstić information content (AvgIpc) is 3.38. The summed E-state index contributed by atoms with van der Waals surface area (Å²) in [7, 11) is 1.96. The molecule has 0 aliphatic carbocycles. The largest absolute Gasteiger partial charge is 0.468 e. The van der Waals surface area contributed by atoms with E-state index in [1.54, 1.807) is 12.5 Å². The van der Waals surface area contributed by atoms with E-state index < -0.39 is 0 Å². The third kappa shape index (κ3) is 4.34. The fourth-order valence-corrected chi connectivity index (χ4v) is 3.84. The zero-order valence-corrected chi connectivity index (χ0v) is 16.2. The monoisotopic (exact) mass is 378 g/mol. The van der Waals surface area contributed by atoms with E-state index in [0.29, 0.717) is 18.0 Å². The molecular formula is C22H26N4O2. The van der Waals surface area contributed by atoms with Crippen molar-refractivity contribution in [2.24, 2.45) is 13.0 Å². The molecule has 0 saturated carbocycles. The number of likely N-dealkylation sites (tertiary alicyclic amines) is 1. The van der Waals surface area contributed by atoms with E-state index in [4.69, 9.17) is 4.42 Å². The third-order valence-electron chi connectivity index (χ3n) is 5.34. The Morgan fingerprint density at radius 1 is 1.29 bits per heavy atom. The number of furan rings is 1. The summed E-state index contributed by atoms with van der Waals surface area (Å²) in [6.07, 6.45) is 7.70. The van der Waals surface area contributed by atoms with Gasteiger partial charge in [0.2, 0.25) is 0 Å². The maximum absolute atomic E-state index is 12.5. The smallest absolute Gasteiger partial charge is 0.251 e. The van der Waals surface area contributed by atoms with Gasteiger partial charge >= 0.3 is 0 Å². The van der Waals surface area contributed by atoms with Crippen LogP contribution in [0.2, 0.25) is 0 Å². The molecule has 1 fully saturated rings. The molecule has 0 bridgehead atoms. The number of amides is 1. The van der Waals surface area contributed by atoms with Gasteiger partial charge in [-0.25, -0.2) is 4.98 Å². The van der Waals surface area contributed by atoms with Crippen LogP contribution in [0.1, 0.15) is 29.0 Å². The van der Waals surface area contributed by atoms with Crippen molar-refractivity contribution in [3.63, 3.8) is 0 Å². The van der Waals surface area contributed by atoms with E-state index in [1.165, 1.54) is 0 Å². The quantitative estimate of drug-likeness (QED) is 0.715. The molecule has 3 aromatic rings. The van der Waals surface area contributed by atoms with E-state index in [9.17, 15) is 4.79 Å². The zero-order chi connectivity index (χ0) is 19.3. The Kier molecular flexibility index (Phi) is 5.58. The Hall–Kier alpha value is -2.86. The number of rotatable bonds is 6. The first-order chi connectivity index (χ1) is 13.7. The van der Waals surface area contributed by atoms with Gasteiger partial charge in [-0.15, -0.1) is 0 Å². The molecule has 2 aromatic heterocycles. The average molecular weight is 378 g/mol. The summed E-state index contributed by atoms with van der Waals surface area (Å²) in [5.41, 5.74) is 1.69. The summed E-state index contributed by atoms with van der Waals surface area (Å²) in [6.45, 7) is 3.61. The number of imidazole rings is 1. The SMILES string of the molecule is Cn1ccnc1-c1ccc(C(=O)NCC2CCCN(Cc3ccco3)C2)cc1. The molecule has 1 aliphatic rings. The highest BCUT2D eigenvalue weighted by Crippen LogP contribution is 2.19. The lowest BCUT2D eigenvalue weighted by atomic mass is 9.97. The first kappa shape index (κ1) is 18.5. The molecule has 1 unspecified atom stereocenters. The number of aromatic nitrogens is 2. The summed E-state index contributed by atoms with van der Waals surface area (Å²) < 4.78 is 7.42. The molecule has 1 N–H and O–H groups in total. The van der Waals surface area contributed by atoms with Crippen molar-refractivity contribution in [3.8, 4) is 11.4 Å². The van der Waals surface area contributed by atoms with Gasteiger partial charge in [-0.2, -0.15) is 0 Å². The van der Waals surface area contributed by atoms with Crippen LogP contribution in [-0.4, -0.2) is 40.0 Å². The third-order valence-corrected chi connectivity index (χ3v) is 5.34. The molecule has 3 heterocycles. The highest BCUT2D eigenvalue weighted by atomic mass is 16.3. The van der Waals surface area contributed by atoms with E-state index >= 15 is 0 Å². The van der Waals surface area contributed by atoms with Gasteiger partial charge in [0.25, 0.3) is 5.91 Å². The number of hydrogen-bond donors (Lipinski definition) is 1. The standard InChI is InChI=1S/C22H26N4O2/c1-25-12-10-23-21(25)18-6-8-19(9-7-18)22(27)24-14-17-4-2-11-26(15-17)16-20-5-3-13-28-20/h3,5-10,12-13,17H,2,4,11,14-16H2,1H3,(H,24,27). The van der Waals surface area contributed by atoms with Crippen molar-refractivity contribution in [1.29, 1.82) is 0 Å². The molecule has 146 valence electrons. The van der Waals surface area contributed by atoms with Crippen LogP contribution in [-0.2, 0) is 13.6 Å².